The summed E-state index contributed by atoms with van der Waals surface area (Å²) in [5.41, 5.74) is 1.84. The van der Waals surface area contributed by atoms with Crippen LogP contribution in [-0.4, -0.2) is 51.3 Å². The van der Waals surface area contributed by atoms with E-state index in [2.05, 4.69) is 5.10 Å². The number of aryl methyl sites for hydroxylation is 1. The topological polar surface area (TPSA) is 105 Å². The Hall–Kier alpha value is -1.75. The molecule has 8 nitrogen and oxygen atoms in total. The number of ether oxygens (including phenoxy) is 2. The molecule has 2 atom stereocenters. The van der Waals surface area contributed by atoms with Crippen LogP contribution in [0.2, 0.25) is 0 Å². The fourth-order valence-corrected chi connectivity index (χ4v) is 6.24. The number of hydrogen-bond acceptors (Lipinski definition) is 7. The van der Waals surface area contributed by atoms with Crippen LogP contribution in [0.3, 0.4) is 0 Å². The third kappa shape index (κ3) is 4.37. The summed E-state index contributed by atoms with van der Waals surface area (Å²) < 4.78 is 62.3. The Morgan fingerprint density at radius 3 is 2.53 bits per heavy atom. The highest BCUT2D eigenvalue weighted by molar-refractivity contribution is 7.92. The summed E-state index contributed by atoms with van der Waals surface area (Å²) in [5.74, 6) is 0. The van der Waals surface area contributed by atoms with Gasteiger partial charge in [0.05, 0.1) is 21.0 Å². The lowest BCUT2D eigenvalue weighted by Crippen LogP contribution is -2.42. The maximum atomic E-state index is 13.6. The monoisotopic (exact) mass is 484 g/mol. The van der Waals surface area contributed by atoms with E-state index < -0.39 is 35.3 Å². The fourth-order valence-electron chi connectivity index (χ4n) is 3.87. The third-order valence-corrected chi connectivity index (χ3v) is 11.1. The maximum Gasteiger partial charge on any atom is 0.184 e. The molecule has 1 aliphatic rings. The van der Waals surface area contributed by atoms with Gasteiger partial charge in [-0.25, -0.2) is 21.5 Å². The molecule has 1 fully saturated rings. The average molecular weight is 485 g/mol. The molecule has 1 aromatic heterocycles. The van der Waals surface area contributed by atoms with E-state index in [1.54, 1.807) is 49.7 Å². The Morgan fingerprint density at radius 2 is 1.94 bits per heavy atom. The second-order valence-corrected chi connectivity index (χ2v) is 14.3. The first kappa shape index (κ1) is 24.9. The van der Waals surface area contributed by atoms with E-state index in [1.807, 2.05) is 13.0 Å². The third-order valence-electron chi connectivity index (χ3n) is 6.45. The number of hydrogen-bond donors (Lipinski definition) is 0. The van der Waals surface area contributed by atoms with Crippen LogP contribution in [0.25, 0.3) is 0 Å². The highest BCUT2D eigenvalue weighted by Crippen LogP contribution is 2.43. The summed E-state index contributed by atoms with van der Waals surface area (Å²) in [6.45, 7) is 7.16. The van der Waals surface area contributed by atoms with Crippen LogP contribution < -0.4 is 0 Å². The smallest absolute Gasteiger partial charge is 0.184 e. The Labute approximate surface area is 190 Å². The normalized spacial score (nSPS) is 22.8. The predicted molar refractivity (Wildman–Crippen MR) is 122 cm³/mol. The largest absolute Gasteiger partial charge is 0.372 e. The minimum atomic E-state index is -3.63. The van der Waals surface area contributed by atoms with Gasteiger partial charge in [-0.3, -0.25) is 0 Å². The molecule has 0 aliphatic carbocycles. The summed E-state index contributed by atoms with van der Waals surface area (Å²) in [5, 5.41) is 4.48. The summed E-state index contributed by atoms with van der Waals surface area (Å²) >= 11 is 0. The lowest BCUT2D eigenvalue weighted by atomic mass is 9.94. The van der Waals surface area contributed by atoms with Gasteiger partial charge in [0.2, 0.25) is 0 Å². The Bertz CT molecular complexity index is 1200. The number of rotatable bonds is 7. The molecule has 0 saturated carbocycles. The molecule has 32 heavy (non-hydrogen) atoms. The molecule has 1 aliphatic heterocycles. The average Bonchev–Trinajstić information content (AvgIpc) is 3.12. The van der Waals surface area contributed by atoms with Crippen molar-refractivity contribution in [3.05, 3.63) is 47.3 Å². The van der Waals surface area contributed by atoms with Crippen molar-refractivity contribution in [1.82, 2.24) is 9.78 Å². The van der Waals surface area contributed by atoms with Gasteiger partial charge < -0.3 is 9.47 Å². The van der Waals surface area contributed by atoms with E-state index in [9.17, 15) is 16.8 Å². The van der Waals surface area contributed by atoms with Crippen LogP contribution in [0.5, 0.6) is 0 Å². The standard InChI is InChI=1S/C22H32N2O6S2/c1-16-8-7-9-17(12-16)32(27,28)22(4)10-11-30-19(14-22)18-13-20(23-24(18)15-29-5)21(2,3)31(6,25)26/h7-9,12-13,19H,10-11,14-15H2,1-6H3. The number of sulfone groups is 2. The summed E-state index contributed by atoms with van der Waals surface area (Å²) in [6.07, 6.45) is 1.18. The summed E-state index contributed by atoms with van der Waals surface area (Å²) in [7, 11) is -5.56. The van der Waals surface area contributed by atoms with Crippen LogP contribution >= 0.6 is 0 Å². The van der Waals surface area contributed by atoms with E-state index in [-0.39, 0.29) is 19.8 Å². The molecule has 0 amide bonds. The van der Waals surface area contributed by atoms with Gasteiger partial charge in [-0.2, -0.15) is 5.10 Å². The molecule has 0 radical (unpaired) electrons. The highest BCUT2D eigenvalue weighted by Gasteiger charge is 2.46. The first-order valence-corrected chi connectivity index (χ1v) is 13.8. The van der Waals surface area contributed by atoms with Crippen molar-refractivity contribution in [1.29, 1.82) is 0 Å². The van der Waals surface area contributed by atoms with Gasteiger partial charge in [0.25, 0.3) is 0 Å². The lowest BCUT2D eigenvalue weighted by molar-refractivity contribution is -0.00919. The zero-order valence-corrected chi connectivity index (χ0v) is 21.1. The van der Waals surface area contributed by atoms with Crippen molar-refractivity contribution in [2.24, 2.45) is 0 Å². The second-order valence-electron chi connectivity index (χ2n) is 9.24. The molecule has 2 aromatic rings. The van der Waals surface area contributed by atoms with Gasteiger partial charge in [0.1, 0.15) is 17.6 Å². The first-order chi connectivity index (χ1) is 14.7. The SMILES string of the molecule is COCn1nc(C(C)(C)S(C)(=O)=O)cc1C1CC(C)(S(=O)(=O)c2cccc(C)c2)CCO1. The molecule has 0 spiro atoms. The molecule has 178 valence electrons. The fraction of sp³-hybridized carbons (Fsp3) is 0.591. The van der Waals surface area contributed by atoms with Crippen molar-refractivity contribution < 1.29 is 26.3 Å². The molecule has 1 aromatic carbocycles. The predicted octanol–water partition coefficient (Wildman–Crippen LogP) is 3.16. The minimum Gasteiger partial charge on any atom is -0.372 e. The van der Waals surface area contributed by atoms with Crippen LogP contribution in [0.4, 0.5) is 0 Å². The van der Waals surface area contributed by atoms with E-state index in [0.717, 1.165) is 5.56 Å². The number of benzene rings is 1. The number of nitrogens with zero attached hydrogens (tertiary/aromatic N) is 2. The summed E-state index contributed by atoms with van der Waals surface area (Å²) in [6, 6.07) is 8.61. The molecule has 1 saturated heterocycles. The van der Waals surface area contributed by atoms with E-state index >= 15 is 0 Å². The van der Waals surface area contributed by atoms with Crippen molar-refractivity contribution in [3.8, 4) is 0 Å². The lowest BCUT2D eigenvalue weighted by Gasteiger charge is -2.37. The Kier molecular flexibility index (Phi) is 6.65. The van der Waals surface area contributed by atoms with E-state index in [1.165, 1.54) is 13.4 Å². The van der Waals surface area contributed by atoms with Gasteiger partial charge >= 0.3 is 0 Å². The van der Waals surface area contributed by atoms with Crippen molar-refractivity contribution >= 4 is 19.7 Å². The summed E-state index contributed by atoms with van der Waals surface area (Å²) in [4.78, 5) is 0.296. The molecule has 0 bridgehead atoms. The van der Waals surface area contributed by atoms with Crippen LogP contribution in [0, 0.1) is 6.92 Å². The van der Waals surface area contributed by atoms with Crippen LogP contribution in [0.1, 0.15) is 56.7 Å². The van der Waals surface area contributed by atoms with Gasteiger partial charge in [0, 0.05) is 20.0 Å². The van der Waals surface area contributed by atoms with Crippen molar-refractivity contribution in [3.63, 3.8) is 0 Å². The number of aromatic nitrogens is 2. The molecular weight excluding hydrogens is 452 g/mol. The van der Waals surface area contributed by atoms with Crippen molar-refractivity contribution in [2.75, 3.05) is 20.0 Å². The molecule has 10 heteroatoms. The zero-order chi connectivity index (χ0) is 23.9. The van der Waals surface area contributed by atoms with Crippen molar-refractivity contribution in [2.45, 2.75) is 67.8 Å². The Balaban J connectivity index is 2.02. The molecule has 2 unspecified atom stereocenters. The van der Waals surface area contributed by atoms with Crippen LogP contribution in [-0.2, 0) is 40.6 Å². The van der Waals surface area contributed by atoms with E-state index in [4.69, 9.17) is 9.47 Å². The van der Waals surface area contributed by atoms with Gasteiger partial charge in [0.15, 0.2) is 19.7 Å². The highest BCUT2D eigenvalue weighted by atomic mass is 32.2. The van der Waals surface area contributed by atoms with E-state index in [0.29, 0.717) is 22.7 Å². The maximum absolute atomic E-state index is 13.6. The van der Waals surface area contributed by atoms with Gasteiger partial charge in [-0.05, 0) is 64.3 Å². The van der Waals surface area contributed by atoms with Crippen LogP contribution in [0.15, 0.2) is 35.2 Å². The quantitative estimate of drug-likeness (QED) is 0.594. The first-order valence-electron chi connectivity index (χ1n) is 10.4. The minimum absolute atomic E-state index is 0.0936. The van der Waals surface area contributed by atoms with Gasteiger partial charge in [-0.1, -0.05) is 12.1 Å². The second kappa shape index (κ2) is 8.55. The molecule has 3 rings (SSSR count). The number of methoxy groups -OCH3 is 1. The molecular formula is C22H32N2O6S2. The van der Waals surface area contributed by atoms with Gasteiger partial charge in [-0.15, -0.1) is 0 Å². The molecule has 2 heterocycles. The zero-order valence-electron chi connectivity index (χ0n) is 19.5. The Morgan fingerprint density at radius 1 is 1.25 bits per heavy atom. The molecule has 0 N–H and O–H groups in total.